The van der Waals surface area contributed by atoms with Crippen molar-refractivity contribution in [3.05, 3.63) is 35.6 Å². The average molecular weight is 157 g/mol. The van der Waals surface area contributed by atoms with Crippen LogP contribution in [0.4, 0.5) is 5.69 Å². The number of hydrogen-bond acceptors (Lipinski definition) is 1. The average Bonchev–Trinajstić information content (AvgIpc) is 1.88. The van der Waals surface area contributed by atoms with Crippen molar-refractivity contribution in [2.45, 2.75) is 6.92 Å². The Morgan fingerprint density at radius 3 is 2.09 bits per heavy atom. The molecule has 3 heteroatoms. The van der Waals surface area contributed by atoms with Gasteiger partial charge in [-0.15, -0.1) is 5.69 Å². The van der Waals surface area contributed by atoms with Crippen molar-refractivity contribution in [1.82, 2.24) is 0 Å². The molecule has 0 saturated heterocycles. The molecule has 0 spiro atoms. The van der Waals surface area contributed by atoms with E-state index >= 15 is 0 Å². The molecule has 1 rings (SSSR count). The van der Waals surface area contributed by atoms with Crippen molar-refractivity contribution in [1.29, 1.82) is 0 Å². The predicted molar refractivity (Wildman–Crippen MR) is 40.4 cm³/mol. The maximum absolute atomic E-state index is 10.7. The topological polar surface area (TPSA) is 40.9 Å². The summed E-state index contributed by atoms with van der Waals surface area (Å²) >= 11 is 0. The molecule has 0 aliphatic carbocycles. The fraction of sp³-hybridized carbons (Fsp3) is 0.125. The van der Waals surface area contributed by atoms with Crippen LogP contribution in [-0.4, -0.2) is 5.78 Å². The Balaban J connectivity index is 0.000001000. The van der Waals surface area contributed by atoms with Crippen LogP contribution < -0.4 is 29.6 Å². The van der Waals surface area contributed by atoms with E-state index in [9.17, 15) is 4.79 Å². The quantitative estimate of drug-likeness (QED) is 0.403. The Labute approximate surface area is 88.1 Å². The summed E-state index contributed by atoms with van der Waals surface area (Å²) in [5, 5.41) is 0. The van der Waals surface area contributed by atoms with Crippen LogP contribution >= 0.6 is 0 Å². The molecule has 11 heavy (non-hydrogen) atoms. The number of Topliss-reactive ketones (excluding diaryl/α,β-unsaturated/α-hetero) is 1. The first-order chi connectivity index (χ1) is 4.70. The van der Waals surface area contributed by atoms with E-state index in [1.807, 2.05) is 0 Å². The van der Waals surface area contributed by atoms with Crippen LogP contribution in [0, 0.1) is 0 Å². The summed E-state index contributed by atoms with van der Waals surface area (Å²) in [5.41, 5.74) is 8.22. The van der Waals surface area contributed by atoms with E-state index in [1.54, 1.807) is 24.3 Å². The Morgan fingerprint density at radius 2 is 1.73 bits per heavy atom. The number of carbonyl (C=O) groups excluding carboxylic acids is 1. The van der Waals surface area contributed by atoms with Crippen molar-refractivity contribution in [3.8, 4) is 0 Å². The summed E-state index contributed by atoms with van der Waals surface area (Å²) in [6.45, 7) is 1.51. The number of ketones is 1. The molecular formula is C8H8NNaO. The first kappa shape index (κ1) is 10.7. The second-order valence-corrected chi connectivity index (χ2v) is 2.13. The Kier molecular flexibility index (Phi) is 4.42. The predicted octanol–water partition coefficient (Wildman–Crippen LogP) is -0.423. The SMILES string of the molecule is CC(=O)c1ccc([NH-])cc1.[Na+]. The van der Waals surface area contributed by atoms with E-state index in [0.717, 1.165) is 0 Å². The van der Waals surface area contributed by atoms with Gasteiger partial charge in [-0.25, -0.2) is 0 Å². The van der Waals surface area contributed by atoms with Crippen molar-refractivity contribution < 1.29 is 34.4 Å². The van der Waals surface area contributed by atoms with Crippen LogP contribution in [0.2, 0.25) is 0 Å². The van der Waals surface area contributed by atoms with Gasteiger partial charge in [0.15, 0.2) is 5.78 Å². The molecule has 0 saturated carbocycles. The number of nitrogens with one attached hydrogen (secondary N) is 1. The van der Waals surface area contributed by atoms with Gasteiger partial charge in [-0.2, -0.15) is 0 Å². The zero-order valence-electron chi connectivity index (χ0n) is 6.72. The van der Waals surface area contributed by atoms with Gasteiger partial charge in [0.25, 0.3) is 0 Å². The fourth-order valence-corrected chi connectivity index (χ4v) is 0.705. The van der Waals surface area contributed by atoms with Crippen molar-refractivity contribution in [2.75, 3.05) is 0 Å². The summed E-state index contributed by atoms with van der Waals surface area (Å²) < 4.78 is 0. The van der Waals surface area contributed by atoms with Gasteiger partial charge in [-0.3, -0.25) is 4.79 Å². The largest absolute Gasteiger partial charge is 1.00 e. The molecule has 0 aliphatic rings. The molecule has 0 atom stereocenters. The Morgan fingerprint density at radius 1 is 1.27 bits per heavy atom. The van der Waals surface area contributed by atoms with Gasteiger partial charge in [0.1, 0.15) is 0 Å². The van der Waals surface area contributed by atoms with E-state index in [-0.39, 0.29) is 35.3 Å². The third-order valence-corrected chi connectivity index (χ3v) is 1.29. The molecule has 0 aromatic heterocycles. The van der Waals surface area contributed by atoms with Gasteiger partial charge in [0.2, 0.25) is 0 Å². The van der Waals surface area contributed by atoms with Crippen LogP contribution in [0.3, 0.4) is 0 Å². The number of rotatable bonds is 1. The maximum atomic E-state index is 10.7. The van der Waals surface area contributed by atoms with Crippen molar-refractivity contribution in [2.24, 2.45) is 0 Å². The van der Waals surface area contributed by atoms with Crippen LogP contribution in [0.25, 0.3) is 5.73 Å². The minimum Gasteiger partial charge on any atom is -0.699 e. The molecule has 0 unspecified atom stereocenters. The van der Waals surface area contributed by atoms with Gasteiger partial charge in [0.05, 0.1) is 0 Å². The minimum absolute atomic E-state index is 0. The first-order valence-corrected chi connectivity index (χ1v) is 3.03. The molecule has 0 bridgehead atoms. The number of hydrogen-bond donors (Lipinski definition) is 0. The third kappa shape index (κ3) is 3.06. The summed E-state index contributed by atoms with van der Waals surface area (Å²) in [4.78, 5) is 10.7. The smallest absolute Gasteiger partial charge is 0.699 e. The van der Waals surface area contributed by atoms with Crippen molar-refractivity contribution >= 4 is 11.5 Å². The Hall–Kier alpha value is -0.310. The van der Waals surface area contributed by atoms with Gasteiger partial charge in [-0.05, 0) is 6.92 Å². The summed E-state index contributed by atoms with van der Waals surface area (Å²) in [7, 11) is 0. The van der Waals surface area contributed by atoms with Gasteiger partial charge in [-0.1, -0.05) is 24.3 Å². The van der Waals surface area contributed by atoms with Crippen molar-refractivity contribution in [3.63, 3.8) is 0 Å². The molecule has 52 valence electrons. The molecule has 0 fully saturated rings. The number of carbonyl (C=O) groups is 1. The molecular weight excluding hydrogens is 149 g/mol. The molecule has 0 aliphatic heterocycles. The molecule has 1 N–H and O–H groups in total. The van der Waals surface area contributed by atoms with Gasteiger partial charge in [0, 0.05) is 5.56 Å². The summed E-state index contributed by atoms with van der Waals surface area (Å²) in [6.07, 6.45) is 0. The van der Waals surface area contributed by atoms with E-state index in [4.69, 9.17) is 5.73 Å². The van der Waals surface area contributed by atoms with E-state index in [1.165, 1.54) is 6.92 Å². The molecule has 1 aromatic rings. The van der Waals surface area contributed by atoms with Gasteiger partial charge < -0.3 is 5.73 Å². The minimum atomic E-state index is 0. The zero-order valence-corrected chi connectivity index (χ0v) is 8.72. The third-order valence-electron chi connectivity index (χ3n) is 1.29. The van der Waals surface area contributed by atoms with Crippen LogP contribution in [-0.2, 0) is 0 Å². The Bertz CT molecular complexity index is 243. The molecule has 0 radical (unpaired) electrons. The molecule has 1 aromatic carbocycles. The van der Waals surface area contributed by atoms with Crippen LogP contribution in [0.15, 0.2) is 24.3 Å². The fourth-order valence-electron chi connectivity index (χ4n) is 0.705. The van der Waals surface area contributed by atoms with Crippen LogP contribution in [0.1, 0.15) is 17.3 Å². The summed E-state index contributed by atoms with van der Waals surface area (Å²) in [6, 6.07) is 6.53. The van der Waals surface area contributed by atoms with E-state index in [2.05, 4.69) is 0 Å². The van der Waals surface area contributed by atoms with Crippen LogP contribution in [0.5, 0.6) is 0 Å². The first-order valence-electron chi connectivity index (χ1n) is 3.03. The number of benzene rings is 1. The second-order valence-electron chi connectivity index (χ2n) is 2.13. The van der Waals surface area contributed by atoms with E-state index < -0.39 is 0 Å². The monoisotopic (exact) mass is 157 g/mol. The molecule has 0 amide bonds. The standard InChI is InChI=1S/C8H9NO.Na/c1-6(10)7-2-4-8(9)5-3-7;/h2-5H,1H3,(H2,9,10);/q;+1/p-1. The zero-order chi connectivity index (χ0) is 7.56. The maximum Gasteiger partial charge on any atom is 1.00 e. The van der Waals surface area contributed by atoms with Gasteiger partial charge >= 0.3 is 29.6 Å². The molecule has 0 heterocycles. The second kappa shape index (κ2) is 4.54. The van der Waals surface area contributed by atoms with E-state index in [0.29, 0.717) is 11.3 Å². The normalized spacial score (nSPS) is 8.45. The molecule has 2 nitrogen and oxygen atoms in total. The summed E-state index contributed by atoms with van der Waals surface area (Å²) in [5.74, 6) is 0.0417.